The van der Waals surface area contributed by atoms with Gasteiger partial charge < -0.3 is 20.7 Å². The predicted molar refractivity (Wildman–Crippen MR) is 131 cm³/mol. The number of methoxy groups -OCH3 is 1. The van der Waals surface area contributed by atoms with Gasteiger partial charge in [-0.15, -0.1) is 0 Å². The summed E-state index contributed by atoms with van der Waals surface area (Å²) in [5.41, 5.74) is 8.10. The lowest BCUT2D eigenvalue weighted by atomic mass is 10.0. The standard InChI is InChI=1S/C25H29N3O5S/c1-16(29)34-22(14-17-8-10-19(26)11-9-17)24(31)27-15-23(30)28-20(18-6-4-3-5-7-18)12-13-21(28)25(32)33-2/h3-11,20-22H,12-15,26H2,1-2H3,(H,27,31)/t20-,21+,22+/m1/s1. The number of hydrogen-bond donors (Lipinski definition) is 2. The van der Waals surface area contributed by atoms with Gasteiger partial charge in [-0.2, -0.15) is 0 Å². The van der Waals surface area contributed by atoms with Crippen LogP contribution in [0.2, 0.25) is 0 Å². The van der Waals surface area contributed by atoms with Gasteiger partial charge in [0.1, 0.15) is 6.04 Å². The van der Waals surface area contributed by atoms with E-state index in [0.717, 1.165) is 22.9 Å². The van der Waals surface area contributed by atoms with Crippen molar-refractivity contribution in [1.82, 2.24) is 10.2 Å². The molecule has 3 atom stereocenters. The van der Waals surface area contributed by atoms with Crippen molar-refractivity contribution in [3.8, 4) is 0 Å². The predicted octanol–water partition coefficient (Wildman–Crippen LogP) is 2.48. The largest absolute Gasteiger partial charge is 0.467 e. The summed E-state index contributed by atoms with van der Waals surface area (Å²) in [5, 5.41) is 1.77. The summed E-state index contributed by atoms with van der Waals surface area (Å²) < 4.78 is 4.91. The molecule has 3 N–H and O–H groups in total. The van der Waals surface area contributed by atoms with Crippen LogP contribution in [-0.2, 0) is 30.3 Å². The average Bonchev–Trinajstić information content (AvgIpc) is 3.28. The fourth-order valence-corrected chi connectivity index (χ4v) is 5.02. The molecule has 9 heteroatoms. The molecule has 2 aromatic rings. The van der Waals surface area contributed by atoms with Gasteiger partial charge in [-0.1, -0.05) is 54.2 Å². The van der Waals surface area contributed by atoms with Crippen LogP contribution in [0.15, 0.2) is 54.6 Å². The van der Waals surface area contributed by atoms with Crippen LogP contribution in [0.3, 0.4) is 0 Å². The second-order valence-corrected chi connectivity index (χ2v) is 9.49. The number of nitrogens with one attached hydrogen (secondary N) is 1. The fourth-order valence-electron chi connectivity index (χ4n) is 4.15. The maximum absolute atomic E-state index is 13.2. The number of thioether (sulfide) groups is 1. The quantitative estimate of drug-likeness (QED) is 0.437. The first kappa shape index (κ1) is 25.3. The zero-order valence-electron chi connectivity index (χ0n) is 19.2. The van der Waals surface area contributed by atoms with E-state index >= 15 is 0 Å². The lowest BCUT2D eigenvalue weighted by Gasteiger charge is -2.29. The van der Waals surface area contributed by atoms with Crippen LogP contribution in [0, 0.1) is 0 Å². The lowest BCUT2D eigenvalue weighted by Crippen LogP contribution is -2.48. The molecule has 1 saturated heterocycles. The number of anilines is 1. The van der Waals surface area contributed by atoms with Crippen LogP contribution in [0.25, 0.3) is 0 Å². The summed E-state index contributed by atoms with van der Waals surface area (Å²) in [4.78, 5) is 51.7. The molecule has 8 nitrogen and oxygen atoms in total. The van der Waals surface area contributed by atoms with Gasteiger partial charge >= 0.3 is 5.97 Å². The van der Waals surface area contributed by atoms with E-state index in [1.54, 1.807) is 24.3 Å². The van der Waals surface area contributed by atoms with Crippen molar-refractivity contribution >= 4 is 40.3 Å². The number of rotatable bonds is 8. The summed E-state index contributed by atoms with van der Waals surface area (Å²) in [5.74, 6) is -1.28. The van der Waals surface area contributed by atoms with Gasteiger partial charge in [0.05, 0.1) is 24.9 Å². The Morgan fingerprint density at radius 3 is 2.38 bits per heavy atom. The number of esters is 1. The molecule has 1 fully saturated rings. The molecule has 0 unspecified atom stereocenters. The molecule has 0 saturated carbocycles. The molecular weight excluding hydrogens is 454 g/mol. The minimum absolute atomic E-state index is 0.198. The second-order valence-electron chi connectivity index (χ2n) is 8.11. The first-order valence-electron chi connectivity index (χ1n) is 11.0. The Kier molecular flexibility index (Phi) is 8.70. The molecule has 2 amide bonds. The molecule has 1 heterocycles. The highest BCUT2D eigenvalue weighted by Gasteiger charge is 2.42. The van der Waals surface area contributed by atoms with E-state index in [4.69, 9.17) is 10.5 Å². The monoisotopic (exact) mass is 483 g/mol. The van der Waals surface area contributed by atoms with Gasteiger partial charge in [-0.05, 0) is 42.5 Å². The van der Waals surface area contributed by atoms with E-state index in [-0.39, 0.29) is 23.6 Å². The van der Waals surface area contributed by atoms with E-state index in [2.05, 4.69) is 5.32 Å². The van der Waals surface area contributed by atoms with Crippen molar-refractivity contribution in [1.29, 1.82) is 0 Å². The number of nitrogens with zero attached hydrogens (tertiary/aromatic N) is 1. The first-order valence-corrected chi connectivity index (χ1v) is 11.9. The Morgan fingerprint density at radius 1 is 1.09 bits per heavy atom. The molecule has 34 heavy (non-hydrogen) atoms. The minimum Gasteiger partial charge on any atom is -0.467 e. The highest BCUT2D eigenvalue weighted by atomic mass is 32.2. The summed E-state index contributed by atoms with van der Waals surface area (Å²) in [7, 11) is 1.30. The van der Waals surface area contributed by atoms with Crippen LogP contribution in [0.4, 0.5) is 5.69 Å². The van der Waals surface area contributed by atoms with Crippen molar-refractivity contribution in [2.45, 2.75) is 43.5 Å². The van der Waals surface area contributed by atoms with E-state index < -0.39 is 23.2 Å². The number of ether oxygens (including phenoxy) is 1. The van der Waals surface area contributed by atoms with Crippen LogP contribution in [0.1, 0.15) is 36.9 Å². The van der Waals surface area contributed by atoms with Gasteiger partial charge in [0.2, 0.25) is 11.8 Å². The summed E-state index contributed by atoms with van der Waals surface area (Å²) in [6.07, 6.45) is 1.40. The number of carbonyl (C=O) groups is 4. The molecule has 180 valence electrons. The van der Waals surface area contributed by atoms with Crippen molar-refractivity contribution < 1.29 is 23.9 Å². The summed E-state index contributed by atoms with van der Waals surface area (Å²) in [6, 6.07) is 15.5. The third kappa shape index (κ3) is 6.38. The number of benzene rings is 2. The zero-order valence-corrected chi connectivity index (χ0v) is 20.0. The molecule has 2 aromatic carbocycles. The van der Waals surface area contributed by atoms with Gasteiger partial charge in [-0.25, -0.2) is 4.79 Å². The van der Waals surface area contributed by atoms with Crippen molar-refractivity contribution in [3.63, 3.8) is 0 Å². The maximum atomic E-state index is 13.2. The SMILES string of the molecule is COC(=O)[C@@H]1CC[C@H](c2ccccc2)N1C(=O)CNC(=O)[C@H](Cc1ccc(N)cc1)SC(C)=O. The Balaban J connectivity index is 1.71. The Hall–Kier alpha value is -3.33. The van der Waals surface area contributed by atoms with Gasteiger partial charge in [0.15, 0.2) is 5.12 Å². The number of nitrogens with two attached hydrogens (primary N) is 1. The molecule has 0 radical (unpaired) electrons. The Labute approximate surface area is 203 Å². The number of carbonyl (C=O) groups excluding carboxylic acids is 4. The third-order valence-corrected chi connectivity index (χ3v) is 6.74. The van der Waals surface area contributed by atoms with Crippen molar-refractivity contribution in [2.75, 3.05) is 19.4 Å². The molecule has 1 aliphatic heterocycles. The van der Waals surface area contributed by atoms with E-state index in [1.165, 1.54) is 18.9 Å². The van der Waals surface area contributed by atoms with Gasteiger partial charge in [-0.3, -0.25) is 14.4 Å². The normalized spacial score (nSPS) is 18.2. The summed E-state index contributed by atoms with van der Waals surface area (Å²) >= 11 is 0.916. The highest BCUT2D eigenvalue weighted by molar-refractivity contribution is 8.14. The van der Waals surface area contributed by atoms with Crippen LogP contribution in [-0.4, -0.2) is 52.7 Å². The van der Waals surface area contributed by atoms with Gasteiger partial charge in [0, 0.05) is 12.6 Å². The number of hydrogen-bond acceptors (Lipinski definition) is 7. The van der Waals surface area contributed by atoms with E-state index in [0.29, 0.717) is 24.9 Å². The smallest absolute Gasteiger partial charge is 0.328 e. The van der Waals surface area contributed by atoms with Crippen molar-refractivity contribution in [2.24, 2.45) is 0 Å². The summed E-state index contributed by atoms with van der Waals surface area (Å²) in [6.45, 7) is 1.11. The van der Waals surface area contributed by atoms with Crippen LogP contribution in [0.5, 0.6) is 0 Å². The topological polar surface area (TPSA) is 119 Å². The number of amides is 2. The Morgan fingerprint density at radius 2 is 1.76 bits per heavy atom. The number of nitrogen functional groups attached to an aromatic ring is 1. The van der Waals surface area contributed by atoms with Crippen LogP contribution < -0.4 is 11.1 Å². The third-order valence-electron chi connectivity index (χ3n) is 5.75. The molecule has 1 aliphatic rings. The fraction of sp³-hybridized carbons (Fsp3) is 0.360. The van der Waals surface area contributed by atoms with Crippen molar-refractivity contribution in [3.05, 3.63) is 65.7 Å². The highest BCUT2D eigenvalue weighted by Crippen LogP contribution is 2.36. The zero-order chi connectivity index (χ0) is 24.7. The van der Waals surface area contributed by atoms with E-state index in [9.17, 15) is 19.2 Å². The lowest BCUT2D eigenvalue weighted by molar-refractivity contribution is -0.152. The second kappa shape index (κ2) is 11.7. The Bertz CT molecular complexity index is 1030. The molecule has 3 rings (SSSR count). The average molecular weight is 484 g/mol. The molecule has 0 bridgehead atoms. The van der Waals surface area contributed by atoms with E-state index in [1.807, 2.05) is 30.3 Å². The van der Waals surface area contributed by atoms with Gasteiger partial charge in [0.25, 0.3) is 0 Å². The maximum Gasteiger partial charge on any atom is 0.328 e. The molecule has 0 aliphatic carbocycles. The molecule has 0 aromatic heterocycles. The molecular formula is C25H29N3O5S. The minimum atomic E-state index is -0.711. The van der Waals surface area contributed by atoms with Crippen LogP contribution >= 0.6 is 11.8 Å². The first-order chi connectivity index (χ1) is 16.3. The molecule has 0 spiro atoms. The number of likely N-dealkylation sites (tertiary alicyclic amines) is 1.